The number of hydrogen-bond acceptors (Lipinski definition) is 5. The van der Waals surface area contributed by atoms with E-state index in [4.69, 9.17) is 9.47 Å². The lowest BCUT2D eigenvalue weighted by Crippen LogP contribution is -2.62. The summed E-state index contributed by atoms with van der Waals surface area (Å²) in [4.78, 5) is 13.8. The molecule has 5 heteroatoms. The molecule has 4 nitrogen and oxygen atoms in total. The monoisotopic (exact) mass is 663 g/mol. The summed E-state index contributed by atoms with van der Waals surface area (Å²) in [7, 11) is 0. The highest BCUT2D eigenvalue weighted by Crippen LogP contribution is 2.75. The van der Waals surface area contributed by atoms with Gasteiger partial charge < -0.3 is 9.47 Å². The van der Waals surface area contributed by atoms with Gasteiger partial charge in [-0.1, -0.05) is 57.0 Å². The highest BCUT2D eigenvalue weighted by Gasteiger charge is 2.67. The number of esters is 1. The maximum Gasteiger partial charge on any atom is 0.308 e. The number of aryl methyl sites for hydroxylation is 1. The first-order valence-corrected chi connectivity index (χ1v) is 19.0. The number of fused-ring (bicyclic) bond motifs is 7. The second-order valence-electron chi connectivity index (χ2n) is 17.2. The minimum absolute atomic E-state index is 0.0285. The molecule has 0 aromatic heterocycles. The van der Waals surface area contributed by atoms with Crippen LogP contribution in [0.3, 0.4) is 0 Å². The Labute approximate surface area is 292 Å². The van der Waals surface area contributed by atoms with Crippen molar-refractivity contribution in [3.63, 3.8) is 0 Å². The lowest BCUT2D eigenvalue weighted by atomic mass is 9.34. The molecule has 4 fully saturated rings. The van der Waals surface area contributed by atoms with Crippen LogP contribution in [0.5, 0.6) is 11.5 Å². The minimum Gasteiger partial charge on any atom is -0.458 e. The van der Waals surface area contributed by atoms with Crippen LogP contribution < -0.4 is 9.47 Å². The molecule has 48 heavy (non-hydrogen) atoms. The molecule has 1 unspecified atom stereocenters. The Hall–Kier alpha value is -2.97. The second kappa shape index (κ2) is 11.3. The molecule has 7 atom stereocenters. The van der Waals surface area contributed by atoms with E-state index in [1.165, 1.54) is 40.5 Å². The third kappa shape index (κ3) is 5.10. The molecule has 5 aliphatic rings. The molecular formula is C43H53NO3S. The van der Waals surface area contributed by atoms with E-state index < -0.39 is 0 Å². The lowest BCUT2D eigenvalue weighted by molar-refractivity contribution is -0.152. The summed E-state index contributed by atoms with van der Waals surface area (Å²) in [6, 6.07) is 13.8. The van der Waals surface area contributed by atoms with Gasteiger partial charge in [-0.05, 0) is 143 Å². The summed E-state index contributed by atoms with van der Waals surface area (Å²) in [6.45, 7) is 20.2. The number of benzene rings is 2. The normalized spacial score (nSPS) is 36.3. The number of allylic oxidation sites excluding steroid dienone is 3. The Morgan fingerprint density at radius 3 is 2.25 bits per heavy atom. The van der Waals surface area contributed by atoms with Crippen LogP contribution in [0.1, 0.15) is 134 Å². The van der Waals surface area contributed by atoms with Gasteiger partial charge in [-0.15, -0.1) is 11.8 Å². The Bertz CT molecular complexity index is 1790. The van der Waals surface area contributed by atoms with Crippen molar-refractivity contribution < 1.29 is 14.3 Å². The van der Waals surface area contributed by atoms with Gasteiger partial charge in [0.05, 0.1) is 16.7 Å². The largest absolute Gasteiger partial charge is 0.458 e. The molecule has 0 heterocycles. The van der Waals surface area contributed by atoms with Crippen molar-refractivity contribution in [3.05, 3.63) is 75.6 Å². The van der Waals surface area contributed by atoms with Crippen molar-refractivity contribution in [2.45, 2.75) is 136 Å². The van der Waals surface area contributed by atoms with Crippen molar-refractivity contribution in [3.8, 4) is 17.6 Å². The molecule has 2 aromatic rings. The van der Waals surface area contributed by atoms with Gasteiger partial charge in [0.2, 0.25) is 0 Å². The maximum atomic E-state index is 12.6. The average molecular weight is 664 g/mol. The molecule has 0 radical (unpaired) electrons. The third-order valence-corrected chi connectivity index (χ3v) is 15.3. The average Bonchev–Trinajstić information content (AvgIpc) is 3.89. The topological polar surface area (TPSA) is 59.3 Å². The van der Waals surface area contributed by atoms with Crippen molar-refractivity contribution in [1.82, 2.24) is 0 Å². The summed E-state index contributed by atoms with van der Waals surface area (Å²) in [5.41, 5.74) is 7.63. The molecular weight excluding hydrogens is 611 g/mol. The number of rotatable bonds is 5. The van der Waals surface area contributed by atoms with E-state index in [1.807, 2.05) is 18.7 Å². The first-order valence-electron chi connectivity index (χ1n) is 18.2. The smallest absolute Gasteiger partial charge is 0.308 e. The molecule has 0 N–H and O–H groups in total. The van der Waals surface area contributed by atoms with Crippen LogP contribution in [0.2, 0.25) is 0 Å². The number of nitrogens with zero attached hydrogens (tertiary/aromatic N) is 1. The maximum absolute atomic E-state index is 12.6. The molecule has 0 amide bonds. The van der Waals surface area contributed by atoms with Crippen LogP contribution in [0.4, 0.5) is 0 Å². The molecule has 2 aromatic carbocycles. The van der Waals surface area contributed by atoms with Gasteiger partial charge in [0, 0.05) is 22.8 Å². The van der Waals surface area contributed by atoms with Crippen molar-refractivity contribution in [2.75, 3.05) is 0 Å². The molecule has 0 bridgehead atoms. The van der Waals surface area contributed by atoms with E-state index >= 15 is 0 Å². The quantitative estimate of drug-likeness (QED) is 0.138. The van der Waals surface area contributed by atoms with Crippen molar-refractivity contribution in [1.29, 1.82) is 5.26 Å². The van der Waals surface area contributed by atoms with Gasteiger partial charge in [0.25, 0.3) is 0 Å². The number of ether oxygens (including phenoxy) is 2. The third-order valence-electron chi connectivity index (χ3n) is 14.1. The Balaban J connectivity index is 1.42. The highest BCUT2D eigenvalue weighted by molar-refractivity contribution is 7.99. The predicted octanol–water partition coefficient (Wildman–Crippen LogP) is 11.6. The van der Waals surface area contributed by atoms with E-state index in [1.54, 1.807) is 5.57 Å². The molecule has 0 spiro atoms. The van der Waals surface area contributed by atoms with E-state index in [9.17, 15) is 10.1 Å². The number of thioether (sulfide) groups is 1. The fourth-order valence-corrected chi connectivity index (χ4v) is 11.8. The van der Waals surface area contributed by atoms with Crippen LogP contribution in [-0.2, 0) is 10.2 Å². The summed E-state index contributed by atoms with van der Waals surface area (Å²) >= 11 is 1.92. The molecule has 4 saturated carbocycles. The Morgan fingerprint density at radius 1 is 0.917 bits per heavy atom. The first kappa shape index (κ1) is 33.5. The van der Waals surface area contributed by atoms with Crippen molar-refractivity contribution in [2.24, 2.45) is 27.6 Å². The molecule has 254 valence electrons. The lowest BCUT2D eigenvalue weighted by Gasteiger charge is -2.70. The van der Waals surface area contributed by atoms with Gasteiger partial charge in [-0.2, -0.15) is 5.26 Å². The van der Waals surface area contributed by atoms with E-state index in [-0.39, 0.29) is 38.3 Å². The van der Waals surface area contributed by atoms with Gasteiger partial charge in [0.1, 0.15) is 5.76 Å². The zero-order valence-electron chi connectivity index (χ0n) is 30.6. The summed E-state index contributed by atoms with van der Waals surface area (Å²) < 4.78 is 12.6. The molecule has 5 aliphatic carbocycles. The number of carbonyl (C=O) groups excluding carboxylic acids is 1. The minimum atomic E-state index is -0.328. The fraction of sp³-hybridized carbons (Fsp3) is 0.581. The zero-order valence-corrected chi connectivity index (χ0v) is 31.4. The van der Waals surface area contributed by atoms with Crippen LogP contribution in [-0.4, -0.2) is 5.97 Å². The summed E-state index contributed by atoms with van der Waals surface area (Å²) in [5, 5.41) is 10.4. The Morgan fingerprint density at radius 2 is 1.60 bits per heavy atom. The van der Waals surface area contributed by atoms with Gasteiger partial charge in [0.15, 0.2) is 11.5 Å². The van der Waals surface area contributed by atoms with Crippen LogP contribution >= 0.6 is 11.8 Å². The SMILES string of the molecule is CC(=O)Oc1cc2c(c(C)c1OC(C)=C1CC1)C(Sc1ccc(C)cc1)C=C1[C@@]2(C)CC[C@@]2(C)[C@@H]3C[C@](C)(C#N)CC[C@]3(C)CC[C@]12C. The molecule has 0 saturated heterocycles. The number of nitriles is 1. The zero-order chi connectivity index (χ0) is 34.4. The number of carbonyl (C=O) groups is 1. The van der Waals surface area contributed by atoms with Crippen molar-refractivity contribution >= 4 is 17.7 Å². The predicted molar refractivity (Wildman–Crippen MR) is 194 cm³/mol. The van der Waals surface area contributed by atoms with Crippen LogP contribution in [0, 0.1) is 52.8 Å². The first-order chi connectivity index (χ1) is 22.6. The fourth-order valence-electron chi connectivity index (χ4n) is 10.6. The highest BCUT2D eigenvalue weighted by atomic mass is 32.2. The second-order valence-corrected chi connectivity index (χ2v) is 18.5. The van der Waals surface area contributed by atoms with Gasteiger partial charge >= 0.3 is 5.97 Å². The van der Waals surface area contributed by atoms with E-state index in [0.29, 0.717) is 17.4 Å². The standard InChI is InChI=1S/C43H53NO3S/c1-26-10-14-31(15-11-26)48-34-23-35-41(7,32-22-33(47-29(4)45)38(27(2)37(32)34)46-28(3)30-12-13-30)19-21-43(9)36-24-39(5,25-44)16-17-40(36,6)18-20-42(35,43)8/h10-11,14-15,22-23,34,36H,12-13,16-21,24H2,1-9H3/t34?,36-,39-,40-,41+,42-,43+/m1/s1. The van der Waals surface area contributed by atoms with Crippen LogP contribution in [0.25, 0.3) is 0 Å². The molecule has 7 rings (SSSR count). The van der Waals surface area contributed by atoms with Crippen LogP contribution in [0.15, 0.2) is 58.2 Å². The summed E-state index contributed by atoms with van der Waals surface area (Å²) in [6.07, 6.45) is 12.4. The van der Waals surface area contributed by atoms with E-state index in [2.05, 4.69) is 90.9 Å². The van der Waals surface area contributed by atoms with Gasteiger partial charge in [-0.25, -0.2) is 0 Å². The van der Waals surface area contributed by atoms with Gasteiger partial charge in [-0.3, -0.25) is 4.79 Å². The van der Waals surface area contributed by atoms with E-state index in [0.717, 1.165) is 62.7 Å². The Kier molecular flexibility index (Phi) is 7.88. The summed E-state index contributed by atoms with van der Waals surface area (Å²) in [5.74, 6) is 2.30. The number of hydrogen-bond donors (Lipinski definition) is 0. The molecule has 0 aliphatic heterocycles.